The molecular weight excluding hydrogens is 388 g/mol. The van der Waals surface area contributed by atoms with Gasteiger partial charge in [0.1, 0.15) is 6.04 Å². The van der Waals surface area contributed by atoms with Crippen LogP contribution in [0.25, 0.3) is 0 Å². The molecule has 0 radical (unpaired) electrons. The highest BCUT2D eigenvalue weighted by molar-refractivity contribution is 7.12. The van der Waals surface area contributed by atoms with Gasteiger partial charge in [-0.15, -0.1) is 11.3 Å². The van der Waals surface area contributed by atoms with Crippen LogP contribution < -0.4 is 11.1 Å². The van der Waals surface area contributed by atoms with Crippen molar-refractivity contribution in [3.63, 3.8) is 0 Å². The molecule has 1 aromatic heterocycles. The lowest BCUT2D eigenvalue weighted by atomic mass is 9.91. The average Bonchev–Trinajstić information content (AvgIpc) is 3.20. The molecule has 3 fully saturated rings. The first-order chi connectivity index (χ1) is 13.9. The van der Waals surface area contributed by atoms with Crippen molar-refractivity contribution in [1.82, 2.24) is 15.1 Å². The van der Waals surface area contributed by atoms with Crippen molar-refractivity contribution in [1.29, 1.82) is 0 Å². The molecule has 1 aromatic rings. The predicted octanol–water partition coefficient (Wildman–Crippen LogP) is 1.73. The van der Waals surface area contributed by atoms with E-state index in [1.54, 1.807) is 4.90 Å². The van der Waals surface area contributed by atoms with Gasteiger partial charge in [-0.25, -0.2) is 0 Å². The minimum atomic E-state index is -0.509. The summed E-state index contributed by atoms with van der Waals surface area (Å²) >= 11 is 1.44. The Hall–Kier alpha value is -1.93. The molecule has 29 heavy (non-hydrogen) atoms. The third kappa shape index (κ3) is 4.48. The summed E-state index contributed by atoms with van der Waals surface area (Å²) in [6.45, 7) is 1.93. The molecule has 7 nitrogen and oxygen atoms in total. The Bertz CT molecular complexity index is 756. The fourth-order valence-corrected chi connectivity index (χ4v) is 5.35. The van der Waals surface area contributed by atoms with Gasteiger partial charge >= 0.3 is 0 Å². The van der Waals surface area contributed by atoms with Gasteiger partial charge in [0.2, 0.25) is 11.8 Å². The zero-order valence-electron chi connectivity index (χ0n) is 16.9. The summed E-state index contributed by atoms with van der Waals surface area (Å²) in [5.41, 5.74) is 5.96. The predicted molar refractivity (Wildman–Crippen MR) is 111 cm³/mol. The third-order valence-corrected chi connectivity index (χ3v) is 7.26. The van der Waals surface area contributed by atoms with Crippen molar-refractivity contribution >= 4 is 29.1 Å². The van der Waals surface area contributed by atoms with E-state index in [4.69, 9.17) is 5.73 Å². The van der Waals surface area contributed by atoms with Gasteiger partial charge in [-0.05, 0) is 56.4 Å². The molecule has 2 heterocycles. The Labute approximate surface area is 175 Å². The van der Waals surface area contributed by atoms with Gasteiger partial charge in [0.05, 0.1) is 10.9 Å². The van der Waals surface area contributed by atoms with Crippen molar-refractivity contribution < 1.29 is 14.4 Å². The summed E-state index contributed by atoms with van der Waals surface area (Å²) < 4.78 is 0. The Morgan fingerprint density at radius 2 is 1.86 bits per heavy atom. The maximum atomic E-state index is 13.1. The zero-order valence-corrected chi connectivity index (χ0v) is 17.7. The number of nitrogens with zero attached hydrogens (tertiary/aromatic N) is 2. The van der Waals surface area contributed by atoms with E-state index in [1.165, 1.54) is 18.3 Å². The second-order valence-corrected chi connectivity index (χ2v) is 9.57. The van der Waals surface area contributed by atoms with Crippen molar-refractivity contribution in [2.75, 3.05) is 6.54 Å². The molecule has 4 rings (SSSR count). The average molecular weight is 419 g/mol. The highest BCUT2D eigenvalue weighted by Crippen LogP contribution is 2.35. The summed E-state index contributed by atoms with van der Waals surface area (Å²) in [5, 5.41) is 5.04. The first-order valence-electron chi connectivity index (χ1n) is 10.6. The topological polar surface area (TPSA) is 95.7 Å². The number of amides is 3. The molecular formula is C21H30N4O3S. The van der Waals surface area contributed by atoms with E-state index in [9.17, 15) is 14.4 Å². The van der Waals surface area contributed by atoms with Gasteiger partial charge in [-0.2, -0.15) is 0 Å². The molecule has 158 valence electrons. The van der Waals surface area contributed by atoms with E-state index in [0.717, 1.165) is 43.4 Å². The standard InChI is InChI=1S/C21H30N4O3S/c1-13(26)24-12-17(25(16-8-9-16)21(28)19-3-2-10-29-19)11-18(24)20(27)23-15-6-4-14(22)5-7-15/h2-3,10,14-18H,4-9,11-12,22H2,1H3,(H,23,27). The molecule has 2 saturated carbocycles. The van der Waals surface area contributed by atoms with E-state index in [-0.39, 0.29) is 41.9 Å². The first-order valence-corrected chi connectivity index (χ1v) is 11.5. The number of hydrogen-bond acceptors (Lipinski definition) is 5. The third-order valence-electron chi connectivity index (χ3n) is 6.40. The molecule has 3 N–H and O–H groups in total. The lowest BCUT2D eigenvalue weighted by Gasteiger charge is -2.29. The Morgan fingerprint density at radius 3 is 2.45 bits per heavy atom. The maximum absolute atomic E-state index is 13.1. The summed E-state index contributed by atoms with van der Waals surface area (Å²) in [7, 11) is 0. The molecule has 2 aliphatic carbocycles. The van der Waals surface area contributed by atoms with Gasteiger partial charge in [0.15, 0.2) is 0 Å². The number of thiophene rings is 1. The molecule has 3 aliphatic rings. The normalized spacial score (nSPS) is 29.5. The van der Waals surface area contributed by atoms with E-state index >= 15 is 0 Å². The second-order valence-electron chi connectivity index (χ2n) is 8.62. The molecule has 1 saturated heterocycles. The summed E-state index contributed by atoms with van der Waals surface area (Å²) in [6, 6.07) is 3.68. The van der Waals surface area contributed by atoms with Crippen molar-refractivity contribution in [2.45, 2.75) is 82.1 Å². The summed E-state index contributed by atoms with van der Waals surface area (Å²) in [6.07, 6.45) is 6.09. The Balaban J connectivity index is 1.46. The molecule has 3 amide bonds. The SMILES string of the molecule is CC(=O)N1CC(N(C(=O)c2cccs2)C2CC2)CC1C(=O)NC1CCC(N)CC1. The van der Waals surface area contributed by atoms with Crippen molar-refractivity contribution in [2.24, 2.45) is 5.73 Å². The second kappa shape index (κ2) is 8.44. The molecule has 2 atom stereocenters. The van der Waals surface area contributed by atoms with E-state index in [2.05, 4.69) is 5.32 Å². The molecule has 0 spiro atoms. The number of hydrogen-bond donors (Lipinski definition) is 2. The number of nitrogens with one attached hydrogen (secondary N) is 1. The molecule has 2 unspecified atom stereocenters. The number of rotatable bonds is 5. The quantitative estimate of drug-likeness (QED) is 0.761. The van der Waals surface area contributed by atoms with Crippen LogP contribution in [-0.2, 0) is 9.59 Å². The minimum absolute atomic E-state index is 0.0262. The lowest BCUT2D eigenvalue weighted by molar-refractivity contribution is -0.137. The van der Waals surface area contributed by atoms with Crippen molar-refractivity contribution in [3.05, 3.63) is 22.4 Å². The van der Waals surface area contributed by atoms with Crippen LogP contribution in [-0.4, -0.2) is 64.3 Å². The molecule has 0 bridgehead atoms. The van der Waals surface area contributed by atoms with Crippen molar-refractivity contribution in [3.8, 4) is 0 Å². The van der Waals surface area contributed by atoms with Crippen LogP contribution in [0.3, 0.4) is 0 Å². The molecule has 1 aliphatic heterocycles. The zero-order chi connectivity index (χ0) is 20.5. The van der Waals surface area contributed by atoms with E-state index in [0.29, 0.717) is 13.0 Å². The smallest absolute Gasteiger partial charge is 0.264 e. The van der Waals surface area contributed by atoms with E-state index < -0.39 is 6.04 Å². The fourth-order valence-electron chi connectivity index (χ4n) is 4.68. The van der Waals surface area contributed by atoms with Crippen LogP contribution in [0.5, 0.6) is 0 Å². The Morgan fingerprint density at radius 1 is 1.14 bits per heavy atom. The van der Waals surface area contributed by atoms with Gasteiger partial charge in [0, 0.05) is 31.6 Å². The van der Waals surface area contributed by atoms with Crippen LogP contribution in [0.2, 0.25) is 0 Å². The van der Waals surface area contributed by atoms with Crippen LogP contribution in [0.1, 0.15) is 61.5 Å². The fraction of sp³-hybridized carbons (Fsp3) is 0.667. The Kier molecular flexibility index (Phi) is 5.92. The maximum Gasteiger partial charge on any atom is 0.264 e. The number of carbonyl (C=O) groups is 3. The first kappa shape index (κ1) is 20.3. The summed E-state index contributed by atoms with van der Waals surface area (Å²) in [5.74, 6) is -0.182. The van der Waals surface area contributed by atoms with E-state index in [1.807, 2.05) is 22.4 Å². The largest absolute Gasteiger partial charge is 0.352 e. The lowest BCUT2D eigenvalue weighted by Crippen LogP contribution is -2.49. The molecule has 8 heteroatoms. The van der Waals surface area contributed by atoms with Crippen LogP contribution in [0, 0.1) is 0 Å². The monoisotopic (exact) mass is 418 g/mol. The highest BCUT2D eigenvalue weighted by atomic mass is 32.1. The van der Waals surface area contributed by atoms with Gasteiger partial charge in [-0.1, -0.05) is 6.07 Å². The number of carbonyl (C=O) groups excluding carboxylic acids is 3. The summed E-state index contributed by atoms with van der Waals surface area (Å²) in [4.78, 5) is 42.7. The van der Waals surface area contributed by atoms with Crippen LogP contribution in [0.4, 0.5) is 0 Å². The van der Waals surface area contributed by atoms with Gasteiger partial charge < -0.3 is 20.9 Å². The van der Waals surface area contributed by atoms with Gasteiger partial charge in [-0.3, -0.25) is 14.4 Å². The van der Waals surface area contributed by atoms with Crippen LogP contribution >= 0.6 is 11.3 Å². The van der Waals surface area contributed by atoms with Crippen LogP contribution in [0.15, 0.2) is 17.5 Å². The minimum Gasteiger partial charge on any atom is -0.352 e. The highest BCUT2D eigenvalue weighted by Gasteiger charge is 2.46. The van der Waals surface area contributed by atoms with Gasteiger partial charge in [0.25, 0.3) is 5.91 Å². The number of nitrogens with two attached hydrogens (primary N) is 1. The molecule has 0 aromatic carbocycles. The number of likely N-dealkylation sites (tertiary alicyclic amines) is 1.